The fourth-order valence-corrected chi connectivity index (χ4v) is 2.27. The molecule has 1 amide bonds. The number of primary amides is 1. The summed E-state index contributed by atoms with van der Waals surface area (Å²) in [7, 11) is 0. The quantitative estimate of drug-likeness (QED) is 0.601. The van der Waals surface area contributed by atoms with Crippen molar-refractivity contribution in [2.24, 2.45) is 5.73 Å². The average Bonchev–Trinajstić information content (AvgIpc) is 2.38. The highest BCUT2D eigenvalue weighted by atomic mass is 16.6. The summed E-state index contributed by atoms with van der Waals surface area (Å²) in [6, 6.07) is 2.36. The maximum absolute atomic E-state index is 11.4. The fraction of sp³-hybridized carbons (Fsp3) is 0.455. The Hall–Kier alpha value is -2.38. The molecule has 0 aliphatic carbocycles. The predicted octanol–water partition coefficient (Wildman–Crippen LogP) is 0.416. The van der Waals surface area contributed by atoms with Crippen LogP contribution >= 0.6 is 0 Å². The van der Waals surface area contributed by atoms with E-state index in [4.69, 9.17) is 11.5 Å². The zero-order chi connectivity index (χ0) is 14.0. The molecule has 1 saturated heterocycles. The van der Waals surface area contributed by atoms with E-state index < -0.39 is 16.9 Å². The van der Waals surface area contributed by atoms with Gasteiger partial charge in [0.1, 0.15) is 11.9 Å². The van der Waals surface area contributed by atoms with Gasteiger partial charge in [-0.1, -0.05) is 0 Å². The molecular formula is C11H15N5O3. The number of anilines is 2. The fourth-order valence-electron chi connectivity index (χ4n) is 2.27. The number of hydrogen-bond acceptors (Lipinski definition) is 6. The van der Waals surface area contributed by atoms with Gasteiger partial charge in [-0.15, -0.1) is 0 Å². The molecule has 0 aromatic carbocycles. The number of amides is 1. The molecule has 2 rings (SSSR count). The Morgan fingerprint density at radius 1 is 1.47 bits per heavy atom. The Kier molecular flexibility index (Phi) is 3.50. The van der Waals surface area contributed by atoms with E-state index in [1.54, 1.807) is 4.90 Å². The first-order valence-corrected chi connectivity index (χ1v) is 5.97. The number of carbonyl (C=O) groups excluding carboxylic acids is 1. The van der Waals surface area contributed by atoms with Crippen LogP contribution in [0.3, 0.4) is 0 Å². The molecule has 8 nitrogen and oxygen atoms in total. The van der Waals surface area contributed by atoms with Gasteiger partial charge < -0.3 is 16.4 Å². The number of pyridine rings is 1. The van der Waals surface area contributed by atoms with Crippen molar-refractivity contribution in [1.29, 1.82) is 0 Å². The molecule has 0 bridgehead atoms. The van der Waals surface area contributed by atoms with Crippen molar-refractivity contribution in [1.82, 2.24) is 4.98 Å². The van der Waals surface area contributed by atoms with Crippen molar-refractivity contribution in [2.45, 2.75) is 25.3 Å². The minimum Gasteiger partial charge on any atom is -0.378 e. The summed E-state index contributed by atoms with van der Waals surface area (Å²) in [5, 5.41) is 10.7. The highest BCUT2D eigenvalue weighted by Gasteiger charge is 2.28. The van der Waals surface area contributed by atoms with Crippen molar-refractivity contribution in [2.75, 3.05) is 17.2 Å². The summed E-state index contributed by atoms with van der Waals surface area (Å²) < 4.78 is 0. The molecular weight excluding hydrogens is 250 g/mol. The van der Waals surface area contributed by atoms with Crippen LogP contribution in [0.15, 0.2) is 12.1 Å². The van der Waals surface area contributed by atoms with Gasteiger partial charge in [0.2, 0.25) is 11.7 Å². The minimum absolute atomic E-state index is 0.156. The molecule has 1 aromatic heterocycles. The van der Waals surface area contributed by atoms with Crippen LogP contribution in [0.25, 0.3) is 0 Å². The molecule has 0 saturated carbocycles. The van der Waals surface area contributed by atoms with Crippen LogP contribution < -0.4 is 16.4 Å². The van der Waals surface area contributed by atoms with Gasteiger partial charge in [-0.3, -0.25) is 14.9 Å². The molecule has 1 unspecified atom stereocenters. The number of nitrogens with zero attached hydrogens (tertiary/aromatic N) is 3. The van der Waals surface area contributed by atoms with Gasteiger partial charge in [-0.2, -0.15) is 0 Å². The number of carbonyl (C=O) groups is 1. The van der Waals surface area contributed by atoms with Crippen LogP contribution in [0.2, 0.25) is 0 Å². The van der Waals surface area contributed by atoms with Gasteiger partial charge in [-0.05, 0) is 25.3 Å². The van der Waals surface area contributed by atoms with Gasteiger partial charge in [0, 0.05) is 12.6 Å². The summed E-state index contributed by atoms with van der Waals surface area (Å²) in [4.78, 5) is 27.3. The zero-order valence-corrected chi connectivity index (χ0v) is 10.3. The Morgan fingerprint density at radius 2 is 2.21 bits per heavy atom. The molecule has 4 N–H and O–H groups in total. The Balaban J connectivity index is 2.32. The van der Waals surface area contributed by atoms with Crippen LogP contribution in [0.5, 0.6) is 0 Å². The van der Waals surface area contributed by atoms with Crippen LogP contribution in [0.4, 0.5) is 17.3 Å². The van der Waals surface area contributed by atoms with E-state index in [2.05, 4.69) is 4.98 Å². The van der Waals surface area contributed by atoms with Crippen molar-refractivity contribution >= 4 is 23.2 Å². The molecule has 1 aliphatic rings. The lowest BCUT2D eigenvalue weighted by Crippen LogP contribution is -2.48. The van der Waals surface area contributed by atoms with Crippen molar-refractivity contribution in [3.63, 3.8) is 0 Å². The molecule has 0 radical (unpaired) electrons. The second kappa shape index (κ2) is 5.09. The first-order chi connectivity index (χ1) is 9.00. The summed E-state index contributed by atoms with van der Waals surface area (Å²) >= 11 is 0. The maximum Gasteiger partial charge on any atom is 0.311 e. The number of aromatic nitrogens is 1. The van der Waals surface area contributed by atoms with Crippen LogP contribution in [0, 0.1) is 10.1 Å². The van der Waals surface area contributed by atoms with Crippen LogP contribution in [0.1, 0.15) is 19.3 Å². The predicted molar refractivity (Wildman–Crippen MR) is 69.5 cm³/mol. The molecule has 1 aromatic rings. The summed E-state index contributed by atoms with van der Waals surface area (Å²) in [6.07, 6.45) is 2.50. The monoisotopic (exact) mass is 265 g/mol. The lowest BCUT2D eigenvalue weighted by atomic mass is 10.0. The number of nitrogen functional groups attached to an aromatic ring is 1. The first-order valence-electron chi connectivity index (χ1n) is 5.97. The highest BCUT2D eigenvalue weighted by molar-refractivity contribution is 5.83. The number of hydrogen-bond donors (Lipinski definition) is 2. The molecule has 19 heavy (non-hydrogen) atoms. The van der Waals surface area contributed by atoms with Crippen molar-refractivity contribution in [3.05, 3.63) is 22.2 Å². The normalized spacial score (nSPS) is 19.2. The molecule has 1 aliphatic heterocycles. The van der Waals surface area contributed by atoms with Crippen molar-refractivity contribution in [3.8, 4) is 0 Å². The van der Waals surface area contributed by atoms with Crippen LogP contribution in [-0.2, 0) is 4.79 Å². The van der Waals surface area contributed by atoms with E-state index in [9.17, 15) is 14.9 Å². The molecule has 8 heteroatoms. The smallest absolute Gasteiger partial charge is 0.311 e. The van der Waals surface area contributed by atoms with Crippen molar-refractivity contribution < 1.29 is 9.72 Å². The van der Waals surface area contributed by atoms with E-state index in [0.717, 1.165) is 12.8 Å². The summed E-state index contributed by atoms with van der Waals surface area (Å²) in [6.45, 7) is 0.637. The lowest BCUT2D eigenvalue weighted by molar-refractivity contribution is -0.384. The van der Waals surface area contributed by atoms with Gasteiger partial charge in [-0.25, -0.2) is 4.98 Å². The molecule has 2 heterocycles. The third kappa shape index (κ3) is 2.56. The summed E-state index contributed by atoms with van der Waals surface area (Å²) in [5.41, 5.74) is 10.7. The average molecular weight is 265 g/mol. The molecule has 1 fully saturated rings. The minimum atomic E-state index is -0.589. The lowest BCUT2D eigenvalue weighted by Gasteiger charge is -2.34. The third-order valence-electron chi connectivity index (χ3n) is 3.21. The Bertz CT molecular complexity index is 519. The molecule has 0 spiro atoms. The number of nitro groups is 1. The number of nitrogens with two attached hydrogens (primary N) is 2. The van der Waals surface area contributed by atoms with Gasteiger partial charge in [0.05, 0.1) is 4.92 Å². The first kappa shape index (κ1) is 13.1. The molecule has 102 valence electrons. The van der Waals surface area contributed by atoms with E-state index in [1.165, 1.54) is 12.1 Å². The highest BCUT2D eigenvalue weighted by Crippen LogP contribution is 2.27. The Labute approximate surface area is 109 Å². The standard InChI is InChI=1S/C11H15N5O3/c12-10-7(16(18)19)4-5-9(14-10)15-6-2-1-3-8(15)11(13)17/h4-5,8H,1-3,6H2,(H2,12,14)(H2,13,17). The SMILES string of the molecule is NC(=O)C1CCCCN1c1ccc([N+](=O)[O-])c(N)n1. The second-order valence-electron chi connectivity index (χ2n) is 4.44. The largest absolute Gasteiger partial charge is 0.378 e. The van der Waals surface area contributed by atoms with Gasteiger partial charge in [0.15, 0.2) is 0 Å². The Morgan fingerprint density at radius 3 is 2.79 bits per heavy atom. The maximum atomic E-state index is 11.4. The van der Waals surface area contributed by atoms with Gasteiger partial charge in [0.25, 0.3) is 0 Å². The van der Waals surface area contributed by atoms with E-state index >= 15 is 0 Å². The topological polar surface area (TPSA) is 128 Å². The third-order valence-corrected chi connectivity index (χ3v) is 3.21. The molecule has 1 atom stereocenters. The van der Waals surface area contributed by atoms with E-state index in [-0.39, 0.29) is 11.5 Å². The van der Waals surface area contributed by atoms with Gasteiger partial charge >= 0.3 is 5.69 Å². The number of rotatable bonds is 3. The second-order valence-corrected chi connectivity index (χ2v) is 4.44. The van der Waals surface area contributed by atoms with E-state index in [0.29, 0.717) is 18.8 Å². The zero-order valence-electron chi connectivity index (χ0n) is 10.3. The van der Waals surface area contributed by atoms with Crippen LogP contribution in [-0.4, -0.2) is 28.4 Å². The van der Waals surface area contributed by atoms with E-state index in [1.807, 2.05) is 0 Å². The summed E-state index contributed by atoms with van der Waals surface area (Å²) in [5.74, 6) is -0.124. The number of piperidine rings is 1.